The standard InChI is InChI=1S/C16H12F2N4O2/c17-12-4-1-5-13(18)14(12)22-15(23)10-7-19-16(20-8-10)21-9-11-3-2-6-24-11/h1-8H,9H2,(H,22,23)(H,19,20,21). The first-order valence-electron chi connectivity index (χ1n) is 6.97. The molecular weight excluding hydrogens is 318 g/mol. The first-order valence-corrected chi connectivity index (χ1v) is 6.97. The third-order valence-electron chi connectivity index (χ3n) is 3.12. The van der Waals surface area contributed by atoms with Crippen LogP contribution in [0, 0.1) is 11.6 Å². The number of furan rings is 1. The number of carbonyl (C=O) groups excluding carboxylic acids is 1. The van der Waals surface area contributed by atoms with Gasteiger partial charge in [0.25, 0.3) is 5.91 Å². The van der Waals surface area contributed by atoms with Crippen molar-refractivity contribution in [2.75, 3.05) is 10.6 Å². The summed E-state index contributed by atoms with van der Waals surface area (Å²) in [6, 6.07) is 6.86. The number of carbonyl (C=O) groups is 1. The molecule has 122 valence electrons. The zero-order valence-electron chi connectivity index (χ0n) is 12.3. The topological polar surface area (TPSA) is 80.0 Å². The summed E-state index contributed by atoms with van der Waals surface area (Å²) in [6.07, 6.45) is 4.06. The lowest BCUT2D eigenvalue weighted by atomic mass is 10.2. The zero-order valence-corrected chi connectivity index (χ0v) is 12.3. The van der Waals surface area contributed by atoms with Crippen molar-refractivity contribution in [2.24, 2.45) is 0 Å². The Balaban J connectivity index is 1.65. The maximum absolute atomic E-state index is 13.5. The van der Waals surface area contributed by atoms with Gasteiger partial charge in [0.2, 0.25) is 5.95 Å². The van der Waals surface area contributed by atoms with Crippen LogP contribution < -0.4 is 10.6 Å². The second kappa shape index (κ2) is 6.86. The Hall–Kier alpha value is -3.29. The van der Waals surface area contributed by atoms with Crippen molar-refractivity contribution in [2.45, 2.75) is 6.54 Å². The number of halogens is 2. The lowest BCUT2D eigenvalue weighted by Crippen LogP contribution is -2.15. The number of amides is 1. The molecule has 1 aromatic carbocycles. The summed E-state index contributed by atoms with van der Waals surface area (Å²) in [4.78, 5) is 20.0. The average molecular weight is 330 g/mol. The number of anilines is 2. The van der Waals surface area contributed by atoms with Crippen LogP contribution in [0.1, 0.15) is 16.1 Å². The van der Waals surface area contributed by atoms with Gasteiger partial charge in [0.05, 0.1) is 18.4 Å². The number of para-hydroxylation sites is 1. The van der Waals surface area contributed by atoms with Crippen LogP contribution in [0.15, 0.2) is 53.4 Å². The van der Waals surface area contributed by atoms with Crippen LogP contribution in [0.5, 0.6) is 0 Å². The molecule has 3 rings (SSSR count). The summed E-state index contributed by atoms with van der Waals surface area (Å²) in [5.41, 5.74) is -0.441. The molecule has 2 aromatic heterocycles. The fourth-order valence-electron chi connectivity index (χ4n) is 1.92. The number of hydrogen-bond donors (Lipinski definition) is 2. The molecule has 0 aliphatic heterocycles. The van der Waals surface area contributed by atoms with Crippen molar-refractivity contribution >= 4 is 17.5 Å². The number of benzene rings is 1. The van der Waals surface area contributed by atoms with Gasteiger partial charge in [-0.15, -0.1) is 0 Å². The molecule has 0 unspecified atom stereocenters. The fraction of sp³-hybridized carbons (Fsp3) is 0.0625. The molecule has 0 bridgehead atoms. The Morgan fingerprint density at radius 2 is 1.79 bits per heavy atom. The molecule has 0 spiro atoms. The van der Waals surface area contributed by atoms with Gasteiger partial charge in [0.15, 0.2) is 0 Å². The summed E-state index contributed by atoms with van der Waals surface area (Å²) >= 11 is 0. The minimum Gasteiger partial charge on any atom is -0.467 e. The van der Waals surface area contributed by atoms with Crippen molar-refractivity contribution in [1.29, 1.82) is 0 Å². The Morgan fingerprint density at radius 3 is 2.42 bits per heavy atom. The predicted octanol–water partition coefficient (Wildman–Crippen LogP) is 3.21. The van der Waals surface area contributed by atoms with E-state index in [-0.39, 0.29) is 5.56 Å². The van der Waals surface area contributed by atoms with Crippen molar-refractivity contribution in [3.8, 4) is 0 Å². The average Bonchev–Trinajstić information content (AvgIpc) is 3.10. The summed E-state index contributed by atoms with van der Waals surface area (Å²) in [5.74, 6) is -1.44. The molecule has 8 heteroatoms. The van der Waals surface area contributed by atoms with Gasteiger partial charge in [-0.25, -0.2) is 18.7 Å². The molecule has 0 atom stereocenters. The van der Waals surface area contributed by atoms with Crippen LogP contribution in [-0.2, 0) is 6.54 Å². The van der Waals surface area contributed by atoms with E-state index in [9.17, 15) is 13.6 Å². The number of nitrogens with one attached hydrogen (secondary N) is 2. The molecule has 0 fully saturated rings. The highest BCUT2D eigenvalue weighted by molar-refractivity contribution is 6.04. The van der Waals surface area contributed by atoms with Crippen molar-refractivity contribution in [1.82, 2.24) is 9.97 Å². The number of rotatable bonds is 5. The van der Waals surface area contributed by atoms with Crippen molar-refractivity contribution in [3.63, 3.8) is 0 Å². The minimum absolute atomic E-state index is 0.0706. The predicted molar refractivity (Wildman–Crippen MR) is 82.4 cm³/mol. The molecule has 0 radical (unpaired) electrons. The van der Waals surface area contributed by atoms with Crippen molar-refractivity contribution in [3.05, 3.63) is 71.9 Å². The van der Waals surface area contributed by atoms with E-state index < -0.39 is 23.2 Å². The highest BCUT2D eigenvalue weighted by atomic mass is 19.1. The summed E-state index contributed by atoms with van der Waals surface area (Å²) < 4.78 is 32.2. The van der Waals surface area contributed by atoms with Gasteiger partial charge in [-0.1, -0.05) is 6.07 Å². The van der Waals surface area contributed by atoms with E-state index in [0.29, 0.717) is 18.3 Å². The van der Waals surface area contributed by atoms with Crippen LogP contribution in [0.2, 0.25) is 0 Å². The van der Waals surface area contributed by atoms with Gasteiger partial charge >= 0.3 is 0 Å². The second-order valence-electron chi connectivity index (χ2n) is 4.78. The van der Waals surface area contributed by atoms with Crippen molar-refractivity contribution < 1.29 is 18.0 Å². The molecule has 24 heavy (non-hydrogen) atoms. The summed E-state index contributed by atoms with van der Waals surface area (Å²) in [5, 5.41) is 5.08. The number of hydrogen-bond acceptors (Lipinski definition) is 5. The molecule has 0 saturated carbocycles. The van der Waals surface area contributed by atoms with Crippen LogP contribution in [-0.4, -0.2) is 15.9 Å². The fourth-order valence-corrected chi connectivity index (χ4v) is 1.92. The lowest BCUT2D eigenvalue weighted by Gasteiger charge is -2.07. The van der Waals surface area contributed by atoms with E-state index in [1.54, 1.807) is 18.4 Å². The summed E-state index contributed by atoms with van der Waals surface area (Å²) in [7, 11) is 0. The Labute approximate surface area is 135 Å². The molecular formula is C16H12F2N4O2. The van der Waals surface area contributed by atoms with Gasteiger partial charge < -0.3 is 15.1 Å². The molecule has 0 aliphatic carbocycles. The van der Waals surface area contributed by atoms with E-state index in [4.69, 9.17) is 4.42 Å². The highest BCUT2D eigenvalue weighted by Crippen LogP contribution is 2.18. The molecule has 0 saturated heterocycles. The highest BCUT2D eigenvalue weighted by Gasteiger charge is 2.14. The van der Waals surface area contributed by atoms with E-state index in [2.05, 4.69) is 20.6 Å². The van der Waals surface area contributed by atoms with E-state index >= 15 is 0 Å². The van der Waals surface area contributed by atoms with Gasteiger partial charge in [-0.2, -0.15) is 0 Å². The SMILES string of the molecule is O=C(Nc1c(F)cccc1F)c1cnc(NCc2ccco2)nc1. The Bertz CT molecular complexity index is 816. The number of nitrogens with zero attached hydrogens (tertiary/aromatic N) is 2. The van der Waals surface area contributed by atoms with Crippen LogP contribution in [0.3, 0.4) is 0 Å². The lowest BCUT2D eigenvalue weighted by molar-refractivity contribution is 0.102. The second-order valence-corrected chi connectivity index (χ2v) is 4.78. The molecule has 2 heterocycles. The molecule has 3 aromatic rings. The quantitative estimate of drug-likeness (QED) is 0.751. The minimum atomic E-state index is -0.860. The normalized spacial score (nSPS) is 10.4. The molecule has 0 aliphatic rings. The zero-order chi connectivity index (χ0) is 16.9. The van der Waals surface area contributed by atoms with Gasteiger partial charge in [-0.05, 0) is 24.3 Å². The molecule has 2 N–H and O–H groups in total. The van der Waals surface area contributed by atoms with E-state index in [0.717, 1.165) is 12.1 Å². The van der Waals surface area contributed by atoms with Crippen LogP contribution >= 0.6 is 0 Å². The largest absolute Gasteiger partial charge is 0.467 e. The smallest absolute Gasteiger partial charge is 0.258 e. The Kier molecular flexibility index (Phi) is 4.46. The first-order chi connectivity index (χ1) is 11.6. The van der Waals surface area contributed by atoms with Crippen LogP contribution in [0.4, 0.5) is 20.4 Å². The van der Waals surface area contributed by atoms with Crippen LogP contribution in [0.25, 0.3) is 0 Å². The van der Waals surface area contributed by atoms with E-state index in [1.165, 1.54) is 18.5 Å². The maximum Gasteiger partial charge on any atom is 0.258 e. The van der Waals surface area contributed by atoms with Gasteiger partial charge in [0.1, 0.15) is 23.1 Å². The van der Waals surface area contributed by atoms with Gasteiger partial charge in [0, 0.05) is 12.4 Å². The van der Waals surface area contributed by atoms with E-state index in [1.807, 2.05) is 0 Å². The third-order valence-corrected chi connectivity index (χ3v) is 3.12. The molecule has 1 amide bonds. The molecule has 6 nitrogen and oxygen atoms in total. The summed E-state index contributed by atoms with van der Waals surface area (Å²) in [6.45, 7) is 0.388. The maximum atomic E-state index is 13.5. The monoisotopic (exact) mass is 330 g/mol. The number of aromatic nitrogens is 2. The first kappa shape index (κ1) is 15.6. The van der Waals surface area contributed by atoms with Gasteiger partial charge in [-0.3, -0.25) is 4.79 Å². The Morgan fingerprint density at radius 1 is 1.08 bits per heavy atom. The third kappa shape index (κ3) is 3.54.